The molecule has 1 aromatic rings. The number of fused-ring (bicyclic) bond motifs is 1. The number of nitrogens with one attached hydrogen (secondary N) is 1. The monoisotopic (exact) mass is 320 g/mol. The Morgan fingerprint density at radius 3 is 3.00 bits per heavy atom. The van der Waals surface area contributed by atoms with Crippen LogP contribution in [0.1, 0.15) is 70.0 Å². The molecule has 0 aromatic carbocycles. The van der Waals surface area contributed by atoms with E-state index in [9.17, 15) is 4.79 Å². The molecule has 3 rings (SSSR count). The van der Waals surface area contributed by atoms with Crippen LogP contribution in [-0.4, -0.2) is 46.1 Å². The molecule has 2 aliphatic rings. The summed E-state index contributed by atoms with van der Waals surface area (Å²) < 4.78 is 5.21. The normalized spacial score (nSPS) is 24.8. The van der Waals surface area contributed by atoms with Gasteiger partial charge in [0.05, 0.1) is 0 Å². The second kappa shape index (κ2) is 7.43. The van der Waals surface area contributed by atoms with Gasteiger partial charge in [-0.2, -0.15) is 4.98 Å². The van der Waals surface area contributed by atoms with Crippen molar-refractivity contribution in [3.05, 3.63) is 11.7 Å². The first kappa shape index (κ1) is 16.4. The predicted molar refractivity (Wildman–Crippen MR) is 87.1 cm³/mol. The molecule has 2 fully saturated rings. The van der Waals surface area contributed by atoms with Crippen LogP contribution in [0.25, 0.3) is 0 Å². The van der Waals surface area contributed by atoms with Gasteiger partial charge in [0.1, 0.15) is 0 Å². The number of piperidine rings is 1. The molecule has 0 radical (unpaired) electrons. The number of aryl methyl sites for hydroxylation is 1. The van der Waals surface area contributed by atoms with Gasteiger partial charge >= 0.3 is 0 Å². The van der Waals surface area contributed by atoms with Crippen molar-refractivity contribution in [1.29, 1.82) is 0 Å². The second-order valence-corrected chi connectivity index (χ2v) is 7.12. The van der Waals surface area contributed by atoms with Gasteiger partial charge in [-0.1, -0.05) is 25.4 Å². The van der Waals surface area contributed by atoms with E-state index >= 15 is 0 Å². The minimum atomic E-state index is 0.158. The molecule has 128 valence electrons. The molecule has 2 saturated heterocycles. The summed E-state index contributed by atoms with van der Waals surface area (Å²) in [4.78, 5) is 19.1. The van der Waals surface area contributed by atoms with Crippen LogP contribution in [0.15, 0.2) is 4.52 Å². The lowest BCUT2D eigenvalue weighted by atomic mass is 9.99. The highest BCUT2D eigenvalue weighted by Crippen LogP contribution is 2.27. The van der Waals surface area contributed by atoms with Crippen molar-refractivity contribution in [2.24, 2.45) is 0 Å². The zero-order chi connectivity index (χ0) is 16.2. The average Bonchev–Trinajstić information content (AvgIpc) is 3.15. The average molecular weight is 320 g/mol. The molecule has 1 amide bonds. The summed E-state index contributed by atoms with van der Waals surface area (Å²) in [6, 6.07) is 0.913. The van der Waals surface area contributed by atoms with Gasteiger partial charge in [0.2, 0.25) is 11.8 Å². The van der Waals surface area contributed by atoms with Crippen LogP contribution in [0.5, 0.6) is 0 Å². The van der Waals surface area contributed by atoms with Crippen molar-refractivity contribution in [2.45, 2.75) is 76.8 Å². The SMILES string of the molecule is CC(C)c1noc(CCCC(=O)N[C@@H]2CCN3CCCC[C@@H]23)n1. The maximum Gasteiger partial charge on any atom is 0.226 e. The summed E-state index contributed by atoms with van der Waals surface area (Å²) in [7, 11) is 0. The van der Waals surface area contributed by atoms with Gasteiger partial charge in [-0.15, -0.1) is 0 Å². The topological polar surface area (TPSA) is 71.3 Å². The van der Waals surface area contributed by atoms with E-state index in [0.717, 1.165) is 25.2 Å². The second-order valence-electron chi connectivity index (χ2n) is 7.12. The van der Waals surface area contributed by atoms with E-state index in [2.05, 4.69) is 20.4 Å². The fraction of sp³-hybridized carbons (Fsp3) is 0.824. The molecule has 6 heteroatoms. The number of amides is 1. The standard InChI is InChI=1S/C17H28N4O2/c1-12(2)17-19-16(23-20-17)8-5-7-15(22)18-13-9-11-21-10-4-3-6-14(13)21/h12-14H,3-11H2,1-2H3,(H,18,22)/t13-,14+/m1/s1. The van der Waals surface area contributed by atoms with Crippen LogP contribution < -0.4 is 5.32 Å². The van der Waals surface area contributed by atoms with E-state index < -0.39 is 0 Å². The van der Waals surface area contributed by atoms with Gasteiger partial charge in [-0.25, -0.2) is 0 Å². The minimum absolute atomic E-state index is 0.158. The smallest absolute Gasteiger partial charge is 0.226 e. The molecule has 0 unspecified atom stereocenters. The summed E-state index contributed by atoms with van der Waals surface area (Å²) in [5, 5.41) is 7.19. The Kier molecular flexibility index (Phi) is 5.30. The zero-order valence-corrected chi connectivity index (χ0v) is 14.3. The lowest BCUT2D eigenvalue weighted by molar-refractivity contribution is -0.122. The van der Waals surface area contributed by atoms with Gasteiger partial charge < -0.3 is 9.84 Å². The molecular formula is C17H28N4O2. The van der Waals surface area contributed by atoms with Crippen LogP contribution in [0, 0.1) is 0 Å². The molecule has 3 heterocycles. The lowest BCUT2D eigenvalue weighted by Crippen LogP contribution is -2.46. The maximum atomic E-state index is 12.2. The van der Waals surface area contributed by atoms with E-state index in [1.54, 1.807) is 0 Å². The summed E-state index contributed by atoms with van der Waals surface area (Å²) in [5.41, 5.74) is 0. The number of carbonyl (C=O) groups is 1. The van der Waals surface area contributed by atoms with E-state index in [-0.39, 0.29) is 11.8 Å². The number of hydrogen-bond donors (Lipinski definition) is 1. The van der Waals surface area contributed by atoms with Crippen molar-refractivity contribution in [3.8, 4) is 0 Å². The predicted octanol–water partition coefficient (Wildman–Crippen LogP) is 2.26. The van der Waals surface area contributed by atoms with E-state index in [1.165, 1.54) is 25.8 Å². The Balaban J connectivity index is 1.39. The Morgan fingerprint density at radius 2 is 2.22 bits per heavy atom. The van der Waals surface area contributed by atoms with Crippen LogP contribution in [0.3, 0.4) is 0 Å². The molecule has 0 saturated carbocycles. The third-order valence-electron chi connectivity index (χ3n) is 5.00. The van der Waals surface area contributed by atoms with Crippen molar-refractivity contribution < 1.29 is 9.32 Å². The zero-order valence-electron chi connectivity index (χ0n) is 14.3. The lowest BCUT2D eigenvalue weighted by Gasteiger charge is -2.32. The molecule has 2 aliphatic heterocycles. The largest absolute Gasteiger partial charge is 0.352 e. The number of nitrogens with zero attached hydrogens (tertiary/aromatic N) is 3. The van der Waals surface area contributed by atoms with Crippen LogP contribution in [0.4, 0.5) is 0 Å². The van der Waals surface area contributed by atoms with Crippen LogP contribution in [0.2, 0.25) is 0 Å². The quantitative estimate of drug-likeness (QED) is 0.870. The van der Waals surface area contributed by atoms with E-state index in [0.29, 0.717) is 30.8 Å². The summed E-state index contributed by atoms with van der Waals surface area (Å²) in [6.45, 7) is 6.42. The Labute approximate surface area is 138 Å². The third kappa shape index (κ3) is 4.10. The highest BCUT2D eigenvalue weighted by molar-refractivity contribution is 5.76. The first-order chi connectivity index (χ1) is 11.1. The molecule has 1 N–H and O–H groups in total. The Bertz CT molecular complexity index is 528. The van der Waals surface area contributed by atoms with Gasteiger partial charge in [-0.05, 0) is 32.2 Å². The summed E-state index contributed by atoms with van der Waals surface area (Å²) >= 11 is 0. The van der Waals surface area contributed by atoms with Crippen molar-refractivity contribution in [1.82, 2.24) is 20.4 Å². The molecule has 1 aromatic heterocycles. The van der Waals surface area contributed by atoms with Gasteiger partial charge in [0.25, 0.3) is 0 Å². The fourth-order valence-corrected chi connectivity index (χ4v) is 3.70. The van der Waals surface area contributed by atoms with E-state index in [4.69, 9.17) is 4.52 Å². The number of carbonyl (C=O) groups excluding carboxylic acids is 1. The molecule has 2 atom stereocenters. The highest BCUT2D eigenvalue weighted by Gasteiger charge is 2.35. The minimum Gasteiger partial charge on any atom is -0.352 e. The molecule has 23 heavy (non-hydrogen) atoms. The van der Waals surface area contributed by atoms with Crippen molar-refractivity contribution in [2.75, 3.05) is 13.1 Å². The van der Waals surface area contributed by atoms with E-state index in [1.807, 2.05) is 13.8 Å². The first-order valence-corrected chi connectivity index (χ1v) is 8.99. The number of rotatable bonds is 6. The number of aromatic nitrogens is 2. The van der Waals surface area contributed by atoms with Gasteiger partial charge in [0, 0.05) is 37.4 Å². The maximum absolute atomic E-state index is 12.2. The first-order valence-electron chi connectivity index (χ1n) is 8.99. The van der Waals surface area contributed by atoms with Gasteiger partial charge in [0.15, 0.2) is 5.82 Å². The van der Waals surface area contributed by atoms with Crippen LogP contribution >= 0.6 is 0 Å². The summed E-state index contributed by atoms with van der Waals surface area (Å²) in [6.07, 6.45) is 6.88. The molecule has 0 spiro atoms. The number of hydrogen-bond acceptors (Lipinski definition) is 5. The Morgan fingerprint density at radius 1 is 1.35 bits per heavy atom. The van der Waals surface area contributed by atoms with Crippen molar-refractivity contribution in [3.63, 3.8) is 0 Å². The molecule has 6 nitrogen and oxygen atoms in total. The molecule has 0 aliphatic carbocycles. The molecule has 0 bridgehead atoms. The Hall–Kier alpha value is -1.43. The van der Waals surface area contributed by atoms with Crippen molar-refractivity contribution >= 4 is 5.91 Å². The highest BCUT2D eigenvalue weighted by atomic mass is 16.5. The van der Waals surface area contributed by atoms with Crippen LogP contribution in [-0.2, 0) is 11.2 Å². The summed E-state index contributed by atoms with van der Waals surface area (Å²) in [5.74, 6) is 1.82. The van der Waals surface area contributed by atoms with Gasteiger partial charge in [-0.3, -0.25) is 9.69 Å². The fourth-order valence-electron chi connectivity index (χ4n) is 3.70. The molecular weight excluding hydrogens is 292 g/mol. The third-order valence-corrected chi connectivity index (χ3v) is 5.00.